The summed E-state index contributed by atoms with van der Waals surface area (Å²) in [5.41, 5.74) is 2.15. The Morgan fingerprint density at radius 1 is 1.38 bits per heavy atom. The predicted octanol–water partition coefficient (Wildman–Crippen LogP) is 1.73. The minimum absolute atomic E-state index is 0.132. The fourth-order valence-electron chi connectivity index (χ4n) is 3.15. The Kier molecular flexibility index (Phi) is 4.54. The summed E-state index contributed by atoms with van der Waals surface area (Å²) >= 11 is 6.02. The number of ether oxygens (including phenoxy) is 1. The zero-order chi connectivity index (χ0) is 16.5. The molecular weight excluding hydrogens is 328 g/mol. The lowest BCUT2D eigenvalue weighted by molar-refractivity contribution is 0.0741. The highest BCUT2D eigenvalue weighted by Crippen LogP contribution is 2.38. The highest BCUT2D eigenvalue weighted by molar-refractivity contribution is 6.30. The molecule has 4 rings (SSSR count). The molecule has 0 amide bonds. The SMILES string of the molecule is O[C@H]1CO[C@H](Cn2cc(C3CC3)nn2)[C@@H]1NCc1cccc(Cl)c1. The molecule has 2 heterocycles. The molecule has 2 aromatic rings. The van der Waals surface area contributed by atoms with Crippen LogP contribution in [0.5, 0.6) is 0 Å². The van der Waals surface area contributed by atoms with Crippen molar-refractivity contribution in [1.82, 2.24) is 20.3 Å². The van der Waals surface area contributed by atoms with Crippen LogP contribution in [-0.4, -0.2) is 45.0 Å². The third-order valence-electron chi connectivity index (χ3n) is 4.65. The molecule has 24 heavy (non-hydrogen) atoms. The lowest BCUT2D eigenvalue weighted by atomic mass is 10.1. The van der Waals surface area contributed by atoms with E-state index in [1.807, 2.05) is 35.1 Å². The van der Waals surface area contributed by atoms with Crippen molar-refractivity contribution in [3.63, 3.8) is 0 Å². The first-order valence-corrected chi connectivity index (χ1v) is 8.74. The third-order valence-corrected chi connectivity index (χ3v) is 4.88. The predicted molar refractivity (Wildman–Crippen MR) is 89.8 cm³/mol. The zero-order valence-electron chi connectivity index (χ0n) is 13.3. The molecule has 1 aliphatic carbocycles. The van der Waals surface area contributed by atoms with Gasteiger partial charge in [-0.25, -0.2) is 4.68 Å². The van der Waals surface area contributed by atoms with Crippen LogP contribution in [0.2, 0.25) is 5.02 Å². The van der Waals surface area contributed by atoms with E-state index in [4.69, 9.17) is 16.3 Å². The van der Waals surface area contributed by atoms with Crippen molar-refractivity contribution in [2.24, 2.45) is 0 Å². The number of halogens is 1. The average Bonchev–Trinajstić information content (AvgIpc) is 3.22. The largest absolute Gasteiger partial charge is 0.389 e. The van der Waals surface area contributed by atoms with Crippen LogP contribution in [0.3, 0.4) is 0 Å². The second-order valence-corrected chi connectivity index (χ2v) is 7.05. The Morgan fingerprint density at radius 2 is 2.25 bits per heavy atom. The van der Waals surface area contributed by atoms with Gasteiger partial charge in [0.1, 0.15) is 0 Å². The van der Waals surface area contributed by atoms with Crippen LogP contribution in [0.4, 0.5) is 0 Å². The quantitative estimate of drug-likeness (QED) is 0.831. The van der Waals surface area contributed by atoms with E-state index in [0.717, 1.165) is 11.3 Å². The first kappa shape index (κ1) is 16.0. The van der Waals surface area contributed by atoms with Gasteiger partial charge in [-0.3, -0.25) is 0 Å². The fraction of sp³-hybridized carbons (Fsp3) is 0.529. The molecule has 1 aliphatic heterocycles. The average molecular weight is 349 g/mol. The zero-order valence-corrected chi connectivity index (χ0v) is 14.1. The Hall–Kier alpha value is -1.47. The normalized spacial score (nSPS) is 26.8. The van der Waals surface area contributed by atoms with E-state index in [1.54, 1.807) is 0 Å². The fourth-order valence-corrected chi connectivity index (χ4v) is 3.36. The van der Waals surface area contributed by atoms with Crippen molar-refractivity contribution in [2.75, 3.05) is 6.61 Å². The van der Waals surface area contributed by atoms with Crippen molar-refractivity contribution >= 4 is 11.6 Å². The van der Waals surface area contributed by atoms with Crippen molar-refractivity contribution in [3.05, 3.63) is 46.7 Å². The molecule has 1 saturated carbocycles. The smallest absolute Gasteiger partial charge is 0.0952 e. The molecule has 3 atom stereocenters. The highest BCUT2D eigenvalue weighted by atomic mass is 35.5. The van der Waals surface area contributed by atoms with Gasteiger partial charge in [-0.1, -0.05) is 28.9 Å². The molecule has 0 bridgehead atoms. The first-order chi connectivity index (χ1) is 11.7. The maximum Gasteiger partial charge on any atom is 0.0952 e. The number of rotatable bonds is 6. The summed E-state index contributed by atoms with van der Waals surface area (Å²) in [5, 5.41) is 22.7. The first-order valence-electron chi connectivity index (χ1n) is 8.36. The van der Waals surface area contributed by atoms with E-state index in [-0.39, 0.29) is 12.1 Å². The van der Waals surface area contributed by atoms with Crippen LogP contribution in [0.25, 0.3) is 0 Å². The summed E-state index contributed by atoms with van der Waals surface area (Å²) in [6.07, 6.45) is 3.76. The molecule has 1 aromatic carbocycles. The molecular formula is C17H21ClN4O2. The maximum atomic E-state index is 10.2. The standard InChI is InChI=1S/C17H21ClN4O2/c18-13-3-1-2-11(6-13)7-19-17-15(23)10-24-16(17)9-22-8-14(20-21-22)12-4-5-12/h1-3,6,8,12,15-17,19,23H,4-5,7,9-10H2/t15-,16+,17+/m0/s1. The number of aliphatic hydroxyl groups excluding tert-OH is 1. The van der Waals surface area contributed by atoms with Crippen molar-refractivity contribution < 1.29 is 9.84 Å². The Bertz CT molecular complexity index is 703. The summed E-state index contributed by atoms with van der Waals surface area (Å²) in [6, 6.07) is 7.56. The van der Waals surface area contributed by atoms with Crippen LogP contribution in [-0.2, 0) is 17.8 Å². The molecule has 1 saturated heterocycles. The van der Waals surface area contributed by atoms with Gasteiger partial charge in [0.05, 0.1) is 37.1 Å². The molecule has 0 spiro atoms. The van der Waals surface area contributed by atoms with Gasteiger partial charge in [-0.05, 0) is 30.5 Å². The maximum absolute atomic E-state index is 10.2. The number of hydrogen-bond acceptors (Lipinski definition) is 5. The molecule has 7 heteroatoms. The van der Waals surface area contributed by atoms with Crippen LogP contribution < -0.4 is 5.32 Å². The van der Waals surface area contributed by atoms with E-state index in [1.165, 1.54) is 12.8 Å². The molecule has 0 unspecified atom stereocenters. The van der Waals surface area contributed by atoms with Gasteiger partial charge in [-0.2, -0.15) is 0 Å². The van der Waals surface area contributed by atoms with E-state index >= 15 is 0 Å². The van der Waals surface area contributed by atoms with E-state index in [0.29, 0.717) is 30.6 Å². The van der Waals surface area contributed by atoms with Gasteiger partial charge in [0.2, 0.25) is 0 Å². The lowest BCUT2D eigenvalue weighted by Crippen LogP contribution is -2.45. The molecule has 2 N–H and O–H groups in total. The van der Waals surface area contributed by atoms with Crippen LogP contribution in [0.15, 0.2) is 30.5 Å². The number of aliphatic hydroxyl groups is 1. The minimum atomic E-state index is -0.527. The summed E-state index contributed by atoms with van der Waals surface area (Å²) in [6.45, 7) is 1.55. The van der Waals surface area contributed by atoms with Gasteiger partial charge in [0, 0.05) is 23.7 Å². The third kappa shape index (κ3) is 3.62. The molecule has 0 radical (unpaired) electrons. The summed E-state index contributed by atoms with van der Waals surface area (Å²) in [5.74, 6) is 0.589. The van der Waals surface area contributed by atoms with Crippen LogP contribution in [0, 0.1) is 0 Å². The van der Waals surface area contributed by atoms with Crippen molar-refractivity contribution in [3.8, 4) is 0 Å². The molecule has 2 fully saturated rings. The lowest BCUT2D eigenvalue weighted by Gasteiger charge is -2.21. The van der Waals surface area contributed by atoms with E-state index in [9.17, 15) is 5.11 Å². The second kappa shape index (κ2) is 6.80. The van der Waals surface area contributed by atoms with Gasteiger partial charge >= 0.3 is 0 Å². The number of hydrogen-bond donors (Lipinski definition) is 2. The number of benzene rings is 1. The molecule has 1 aromatic heterocycles. The number of aromatic nitrogens is 3. The summed E-state index contributed by atoms with van der Waals surface area (Å²) in [4.78, 5) is 0. The van der Waals surface area contributed by atoms with Crippen LogP contribution >= 0.6 is 11.6 Å². The van der Waals surface area contributed by atoms with E-state index in [2.05, 4.69) is 15.6 Å². The summed E-state index contributed by atoms with van der Waals surface area (Å²) in [7, 11) is 0. The molecule has 2 aliphatic rings. The van der Waals surface area contributed by atoms with Crippen molar-refractivity contribution in [1.29, 1.82) is 0 Å². The minimum Gasteiger partial charge on any atom is -0.389 e. The number of nitrogens with zero attached hydrogens (tertiary/aromatic N) is 3. The van der Waals surface area contributed by atoms with Gasteiger partial charge in [0.15, 0.2) is 0 Å². The Morgan fingerprint density at radius 3 is 3.04 bits per heavy atom. The van der Waals surface area contributed by atoms with Gasteiger partial charge < -0.3 is 15.2 Å². The van der Waals surface area contributed by atoms with Crippen molar-refractivity contribution in [2.45, 2.75) is 50.1 Å². The molecule has 128 valence electrons. The monoisotopic (exact) mass is 348 g/mol. The highest BCUT2D eigenvalue weighted by Gasteiger charge is 2.36. The van der Waals surface area contributed by atoms with Gasteiger partial charge in [0.25, 0.3) is 0 Å². The Labute approximate surface area is 145 Å². The second-order valence-electron chi connectivity index (χ2n) is 6.62. The summed E-state index contributed by atoms with van der Waals surface area (Å²) < 4.78 is 7.58. The van der Waals surface area contributed by atoms with Gasteiger partial charge in [-0.15, -0.1) is 5.10 Å². The molecule has 6 nitrogen and oxygen atoms in total. The Balaban J connectivity index is 1.38. The number of nitrogens with one attached hydrogen (secondary N) is 1. The van der Waals surface area contributed by atoms with E-state index < -0.39 is 6.10 Å². The van der Waals surface area contributed by atoms with Crippen LogP contribution in [0.1, 0.15) is 30.0 Å². The topological polar surface area (TPSA) is 72.2 Å².